The second-order valence-corrected chi connectivity index (χ2v) is 3.68. The van der Waals surface area contributed by atoms with Crippen LogP contribution in [0.4, 0.5) is 10.1 Å². The highest BCUT2D eigenvalue weighted by atomic mass is 19.1. The van der Waals surface area contributed by atoms with Gasteiger partial charge in [0.2, 0.25) is 6.17 Å². The molecule has 0 amide bonds. The molecule has 7 nitrogen and oxygen atoms in total. The van der Waals surface area contributed by atoms with E-state index in [9.17, 15) is 24.4 Å². The zero-order valence-corrected chi connectivity index (χ0v) is 10.1. The van der Waals surface area contributed by atoms with Gasteiger partial charge >= 0.3 is 11.7 Å². The topological polar surface area (TPSA) is 116 Å². The summed E-state index contributed by atoms with van der Waals surface area (Å²) < 4.78 is 18.1. The molecule has 0 aliphatic rings. The summed E-state index contributed by atoms with van der Waals surface area (Å²) in [6, 6.07) is 1.74. The molecule has 0 bridgehead atoms. The van der Waals surface area contributed by atoms with Crippen molar-refractivity contribution >= 4 is 11.7 Å². The van der Waals surface area contributed by atoms with Crippen LogP contribution in [-0.2, 0) is 9.53 Å². The van der Waals surface area contributed by atoms with E-state index in [1.165, 1.54) is 13.0 Å². The molecule has 0 saturated heterocycles. The summed E-state index contributed by atoms with van der Waals surface area (Å²) >= 11 is 0. The van der Waals surface area contributed by atoms with E-state index < -0.39 is 34.5 Å². The number of rotatable bonds is 5. The highest BCUT2D eigenvalue weighted by Crippen LogP contribution is 2.29. The third kappa shape index (κ3) is 3.38. The number of phenolic OH excluding ortho intramolecular Hbond substituents is 1. The monoisotopic (exact) mass is 272 g/mol. The molecule has 1 rings (SSSR count). The third-order valence-electron chi connectivity index (χ3n) is 2.41. The summed E-state index contributed by atoms with van der Waals surface area (Å²) in [5.74, 6) is -1.70. The van der Waals surface area contributed by atoms with Gasteiger partial charge in [-0.3, -0.25) is 10.1 Å². The van der Waals surface area contributed by atoms with Crippen molar-refractivity contribution in [2.24, 2.45) is 5.73 Å². The maximum absolute atomic E-state index is 13.7. The van der Waals surface area contributed by atoms with Crippen LogP contribution in [0, 0.1) is 10.1 Å². The molecule has 0 aliphatic heterocycles. The van der Waals surface area contributed by atoms with Crippen molar-refractivity contribution in [3.8, 4) is 5.75 Å². The number of nitro benzene ring substituents is 1. The Morgan fingerprint density at radius 3 is 2.79 bits per heavy atom. The lowest BCUT2D eigenvalue weighted by Gasteiger charge is -2.15. The largest absolute Gasteiger partial charge is 0.502 e. The van der Waals surface area contributed by atoms with E-state index >= 15 is 0 Å². The van der Waals surface area contributed by atoms with Crippen LogP contribution >= 0.6 is 0 Å². The number of hydrogen-bond acceptors (Lipinski definition) is 6. The van der Waals surface area contributed by atoms with E-state index in [0.717, 1.165) is 12.1 Å². The predicted molar refractivity (Wildman–Crippen MR) is 63.2 cm³/mol. The Kier molecular flexibility index (Phi) is 4.76. The Morgan fingerprint density at radius 2 is 2.26 bits per heavy atom. The van der Waals surface area contributed by atoms with Gasteiger partial charge in [-0.15, -0.1) is 0 Å². The van der Waals surface area contributed by atoms with Crippen molar-refractivity contribution < 1.29 is 24.0 Å². The van der Waals surface area contributed by atoms with Gasteiger partial charge in [-0.1, -0.05) is 6.07 Å². The van der Waals surface area contributed by atoms with Gasteiger partial charge in [0.15, 0.2) is 5.75 Å². The number of ether oxygens (including phenoxy) is 1. The van der Waals surface area contributed by atoms with Crippen LogP contribution in [0.1, 0.15) is 18.5 Å². The molecule has 2 atom stereocenters. The maximum Gasteiger partial charge on any atom is 0.342 e. The highest BCUT2D eigenvalue weighted by molar-refractivity contribution is 5.75. The Balaban J connectivity index is 3.00. The fourth-order valence-electron chi connectivity index (χ4n) is 1.43. The molecule has 1 aromatic carbocycles. The summed E-state index contributed by atoms with van der Waals surface area (Å²) in [5, 5.41) is 19.9. The molecule has 104 valence electrons. The molecule has 0 saturated carbocycles. The van der Waals surface area contributed by atoms with E-state index in [1.807, 2.05) is 0 Å². The smallest absolute Gasteiger partial charge is 0.342 e. The minimum Gasteiger partial charge on any atom is -0.502 e. The first-order valence-corrected chi connectivity index (χ1v) is 5.42. The normalized spacial score (nSPS) is 13.6. The second kappa shape index (κ2) is 6.10. The predicted octanol–water partition coefficient (Wildman–Crippen LogP) is 1.20. The van der Waals surface area contributed by atoms with Gasteiger partial charge in [0, 0.05) is 6.07 Å². The number of aromatic hydroxyl groups is 1. The molecule has 0 aliphatic carbocycles. The molecule has 1 unspecified atom stereocenters. The van der Waals surface area contributed by atoms with Gasteiger partial charge in [-0.05, 0) is 18.6 Å². The molecular formula is C11H13FN2O5. The molecule has 1 aromatic rings. The minimum atomic E-state index is -2.14. The number of esters is 1. The van der Waals surface area contributed by atoms with Crippen LogP contribution < -0.4 is 5.73 Å². The Morgan fingerprint density at radius 1 is 1.63 bits per heavy atom. The highest BCUT2D eigenvalue weighted by Gasteiger charge is 2.29. The van der Waals surface area contributed by atoms with E-state index in [2.05, 4.69) is 4.74 Å². The second-order valence-electron chi connectivity index (χ2n) is 3.68. The van der Waals surface area contributed by atoms with Gasteiger partial charge in [0.1, 0.15) is 0 Å². The number of nitrogens with zero attached hydrogens (tertiary/aromatic N) is 1. The van der Waals surface area contributed by atoms with Crippen molar-refractivity contribution in [3.05, 3.63) is 33.9 Å². The first-order chi connectivity index (χ1) is 8.88. The lowest BCUT2D eigenvalue weighted by atomic mass is 10.0. The Bertz CT molecular complexity index is 494. The van der Waals surface area contributed by atoms with Gasteiger partial charge in [0.25, 0.3) is 0 Å². The quantitative estimate of drug-likeness (QED) is 0.472. The van der Waals surface area contributed by atoms with Crippen molar-refractivity contribution in [3.63, 3.8) is 0 Å². The molecule has 0 radical (unpaired) electrons. The number of alkyl halides is 1. The molecule has 0 aromatic heterocycles. The Labute approximate surface area is 107 Å². The first-order valence-electron chi connectivity index (χ1n) is 5.42. The van der Waals surface area contributed by atoms with Crippen molar-refractivity contribution in [1.29, 1.82) is 0 Å². The number of hydrogen-bond donors (Lipinski definition) is 2. The van der Waals surface area contributed by atoms with Gasteiger partial charge < -0.3 is 15.6 Å². The van der Waals surface area contributed by atoms with E-state index in [-0.39, 0.29) is 12.2 Å². The van der Waals surface area contributed by atoms with Gasteiger partial charge in [-0.2, -0.15) is 0 Å². The van der Waals surface area contributed by atoms with Crippen molar-refractivity contribution in [1.82, 2.24) is 0 Å². The van der Waals surface area contributed by atoms with Crippen LogP contribution in [0.25, 0.3) is 0 Å². The fourth-order valence-corrected chi connectivity index (χ4v) is 1.43. The number of carbonyl (C=O) groups is 1. The van der Waals surface area contributed by atoms with Crippen LogP contribution in [0.2, 0.25) is 0 Å². The van der Waals surface area contributed by atoms with E-state index in [4.69, 9.17) is 5.73 Å². The third-order valence-corrected chi connectivity index (χ3v) is 2.41. The number of halogens is 1. The number of nitro groups is 1. The van der Waals surface area contributed by atoms with Crippen LogP contribution in [0.15, 0.2) is 18.2 Å². The summed E-state index contributed by atoms with van der Waals surface area (Å²) in [6.07, 6.45) is -2.14. The summed E-state index contributed by atoms with van der Waals surface area (Å²) in [6.45, 7) is 1.52. The van der Waals surface area contributed by atoms with Crippen molar-refractivity contribution in [2.75, 3.05) is 6.61 Å². The summed E-state index contributed by atoms with van der Waals surface area (Å²) in [4.78, 5) is 21.0. The standard InChI is InChI=1S/C11H13FN2O5/c1-2-19-11(16)9(12)10(13)6-3-4-8(15)7(5-6)14(17)18/h3-5,9-10,15H,2,13H2,1H3/t9?,10-/m1/s1. The molecular weight excluding hydrogens is 259 g/mol. The maximum atomic E-state index is 13.7. The van der Waals surface area contributed by atoms with Crippen LogP contribution in [-0.4, -0.2) is 28.8 Å². The van der Waals surface area contributed by atoms with Gasteiger partial charge in [-0.25, -0.2) is 9.18 Å². The van der Waals surface area contributed by atoms with E-state index in [1.54, 1.807) is 0 Å². The van der Waals surface area contributed by atoms with Crippen molar-refractivity contribution in [2.45, 2.75) is 19.1 Å². The molecule has 0 heterocycles. The molecule has 19 heavy (non-hydrogen) atoms. The SMILES string of the molecule is CCOC(=O)C(F)[C@H](N)c1ccc(O)c([N+](=O)[O-])c1. The molecule has 0 fully saturated rings. The average Bonchev–Trinajstić information content (AvgIpc) is 2.37. The summed E-state index contributed by atoms with van der Waals surface area (Å²) in [7, 11) is 0. The molecule has 0 spiro atoms. The molecule has 8 heteroatoms. The lowest BCUT2D eigenvalue weighted by Crippen LogP contribution is -2.31. The first kappa shape index (κ1) is 14.8. The number of phenols is 1. The summed E-state index contributed by atoms with van der Waals surface area (Å²) in [5.41, 5.74) is 4.92. The molecule has 3 N–H and O–H groups in total. The van der Waals surface area contributed by atoms with Crippen LogP contribution in [0.5, 0.6) is 5.75 Å². The number of nitrogens with two attached hydrogens (primary N) is 1. The zero-order valence-electron chi connectivity index (χ0n) is 10.1. The van der Waals surface area contributed by atoms with E-state index in [0.29, 0.717) is 0 Å². The number of benzene rings is 1. The average molecular weight is 272 g/mol. The number of carbonyl (C=O) groups excluding carboxylic acids is 1. The zero-order chi connectivity index (χ0) is 14.6. The van der Waals surface area contributed by atoms with Crippen LogP contribution in [0.3, 0.4) is 0 Å². The Hall–Kier alpha value is -2.22. The lowest BCUT2D eigenvalue weighted by molar-refractivity contribution is -0.385. The van der Waals surface area contributed by atoms with Gasteiger partial charge in [0.05, 0.1) is 17.6 Å². The minimum absolute atomic E-state index is 0.00169. The fraction of sp³-hybridized carbons (Fsp3) is 0.364.